The van der Waals surface area contributed by atoms with Crippen LogP contribution >= 0.6 is 0 Å². The average molecular weight is 283 g/mol. The lowest BCUT2D eigenvalue weighted by atomic mass is 10.1. The third kappa shape index (κ3) is 4.09. The molecule has 2 aromatic rings. The molecule has 0 heterocycles. The summed E-state index contributed by atoms with van der Waals surface area (Å²) in [6, 6.07) is 13.7. The van der Waals surface area contributed by atoms with E-state index in [4.69, 9.17) is 4.74 Å². The van der Waals surface area contributed by atoms with Gasteiger partial charge in [0.15, 0.2) is 0 Å². The lowest BCUT2D eigenvalue weighted by Crippen LogP contribution is -2.28. The number of carbonyl (C=O) groups is 1. The molecule has 0 unspecified atom stereocenters. The molecule has 21 heavy (non-hydrogen) atoms. The highest BCUT2D eigenvalue weighted by Gasteiger charge is 2.08. The van der Waals surface area contributed by atoms with Gasteiger partial charge in [-0.1, -0.05) is 35.9 Å². The third-order valence-corrected chi connectivity index (χ3v) is 3.38. The van der Waals surface area contributed by atoms with Gasteiger partial charge in [-0.3, -0.25) is 4.79 Å². The fraction of sp³-hybridized carbons (Fsp3) is 0.278. The van der Waals surface area contributed by atoms with E-state index in [0.29, 0.717) is 13.2 Å². The molecule has 1 amide bonds. The maximum absolute atomic E-state index is 12.1. The Bertz CT molecular complexity index is 635. The third-order valence-electron chi connectivity index (χ3n) is 3.38. The van der Waals surface area contributed by atoms with Crippen LogP contribution in [-0.2, 0) is 0 Å². The van der Waals surface area contributed by atoms with E-state index in [1.807, 2.05) is 63.2 Å². The molecule has 0 bridgehead atoms. The molecular formula is C18H21NO2. The topological polar surface area (TPSA) is 38.3 Å². The Kier molecular flexibility index (Phi) is 4.99. The zero-order valence-electron chi connectivity index (χ0n) is 12.8. The quantitative estimate of drug-likeness (QED) is 0.854. The van der Waals surface area contributed by atoms with Gasteiger partial charge in [-0.2, -0.15) is 0 Å². The van der Waals surface area contributed by atoms with Crippen molar-refractivity contribution in [1.29, 1.82) is 0 Å². The molecule has 0 saturated heterocycles. The summed E-state index contributed by atoms with van der Waals surface area (Å²) in [6.07, 6.45) is 0. The smallest absolute Gasteiger partial charge is 0.251 e. The van der Waals surface area contributed by atoms with Crippen molar-refractivity contribution in [1.82, 2.24) is 5.32 Å². The van der Waals surface area contributed by atoms with Crippen LogP contribution in [0.25, 0.3) is 0 Å². The summed E-state index contributed by atoms with van der Waals surface area (Å²) < 4.78 is 5.66. The first kappa shape index (κ1) is 15.1. The average Bonchev–Trinajstić information content (AvgIpc) is 2.47. The molecule has 0 saturated carbocycles. The molecule has 110 valence electrons. The van der Waals surface area contributed by atoms with Gasteiger partial charge >= 0.3 is 0 Å². The van der Waals surface area contributed by atoms with Gasteiger partial charge in [-0.25, -0.2) is 0 Å². The number of carbonyl (C=O) groups excluding carboxylic acids is 1. The van der Waals surface area contributed by atoms with Gasteiger partial charge in [-0.15, -0.1) is 0 Å². The fourth-order valence-electron chi connectivity index (χ4n) is 2.12. The first-order valence-corrected chi connectivity index (χ1v) is 7.12. The Labute approximate surface area is 126 Å². The molecule has 0 aromatic heterocycles. The van der Waals surface area contributed by atoms with Gasteiger partial charge in [0.25, 0.3) is 5.91 Å². The van der Waals surface area contributed by atoms with Crippen LogP contribution in [0.1, 0.15) is 27.0 Å². The van der Waals surface area contributed by atoms with Crippen molar-refractivity contribution in [3.63, 3.8) is 0 Å². The Morgan fingerprint density at radius 1 is 1.05 bits per heavy atom. The molecule has 0 aliphatic rings. The minimum Gasteiger partial charge on any atom is -0.491 e. The second-order valence-electron chi connectivity index (χ2n) is 5.19. The molecule has 2 aromatic carbocycles. The molecule has 1 N–H and O–H groups in total. The summed E-state index contributed by atoms with van der Waals surface area (Å²) in [4.78, 5) is 12.1. The maximum atomic E-state index is 12.1. The molecular weight excluding hydrogens is 262 g/mol. The highest BCUT2D eigenvalue weighted by atomic mass is 16.5. The molecule has 0 aliphatic heterocycles. The van der Waals surface area contributed by atoms with Crippen molar-refractivity contribution in [2.75, 3.05) is 13.2 Å². The lowest BCUT2D eigenvalue weighted by Gasteiger charge is -2.11. The SMILES string of the molecule is Cc1ccc(C)c(C(=O)NCCOc2ccccc2C)c1. The number of benzene rings is 2. The summed E-state index contributed by atoms with van der Waals surface area (Å²) in [5.41, 5.74) is 3.89. The number of para-hydroxylation sites is 1. The lowest BCUT2D eigenvalue weighted by molar-refractivity contribution is 0.0946. The van der Waals surface area contributed by atoms with Crippen LogP contribution in [0.4, 0.5) is 0 Å². The molecule has 0 aliphatic carbocycles. The van der Waals surface area contributed by atoms with Crippen LogP contribution in [0.5, 0.6) is 5.75 Å². The van der Waals surface area contributed by atoms with Gasteiger partial charge < -0.3 is 10.1 Å². The van der Waals surface area contributed by atoms with Crippen LogP contribution < -0.4 is 10.1 Å². The van der Waals surface area contributed by atoms with E-state index in [2.05, 4.69) is 5.32 Å². The predicted molar refractivity (Wildman–Crippen MR) is 84.9 cm³/mol. The Hall–Kier alpha value is -2.29. The van der Waals surface area contributed by atoms with Gasteiger partial charge in [0.2, 0.25) is 0 Å². The van der Waals surface area contributed by atoms with Crippen molar-refractivity contribution in [3.05, 3.63) is 64.7 Å². The second-order valence-corrected chi connectivity index (χ2v) is 5.19. The summed E-state index contributed by atoms with van der Waals surface area (Å²) in [7, 11) is 0. The van der Waals surface area contributed by atoms with Crippen LogP contribution in [0.2, 0.25) is 0 Å². The number of amides is 1. The van der Waals surface area contributed by atoms with E-state index in [9.17, 15) is 4.79 Å². The summed E-state index contributed by atoms with van der Waals surface area (Å²) in [6.45, 7) is 6.88. The summed E-state index contributed by atoms with van der Waals surface area (Å²) >= 11 is 0. The minimum absolute atomic E-state index is 0.0513. The molecule has 0 radical (unpaired) electrons. The van der Waals surface area contributed by atoms with Crippen LogP contribution in [-0.4, -0.2) is 19.1 Å². The highest BCUT2D eigenvalue weighted by Crippen LogP contribution is 2.15. The molecule has 0 fully saturated rings. The number of hydrogen-bond acceptors (Lipinski definition) is 2. The van der Waals surface area contributed by atoms with E-state index in [1.165, 1.54) is 0 Å². The van der Waals surface area contributed by atoms with Gasteiger partial charge in [0, 0.05) is 5.56 Å². The zero-order chi connectivity index (χ0) is 15.2. The van der Waals surface area contributed by atoms with Crippen molar-refractivity contribution in [3.8, 4) is 5.75 Å². The highest BCUT2D eigenvalue weighted by molar-refractivity contribution is 5.95. The number of nitrogens with one attached hydrogen (secondary N) is 1. The van der Waals surface area contributed by atoms with Crippen molar-refractivity contribution in [2.24, 2.45) is 0 Å². The Morgan fingerprint density at radius 3 is 2.57 bits per heavy atom. The first-order chi connectivity index (χ1) is 10.1. The minimum atomic E-state index is -0.0513. The fourth-order valence-corrected chi connectivity index (χ4v) is 2.12. The largest absolute Gasteiger partial charge is 0.491 e. The van der Waals surface area contributed by atoms with Crippen molar-refractivity contribution >= 4 is 5.91 Å². The number of aryl methyl sites for hydroxylation is 3. The van der Waals surface area contributed by atoms with E-state index >= 15 is 0 Å². The Morgan fingerprint density at radius 2 is 1.81 bits per heavy atom. The number of rotatable bonds is 5. The molecule has 0 spiro atoms. The predicted octanol–water partition coefficient (Wildman–Crippen LogP) is 3.42. The molecule has 2 rings (SSSR count). The van der Waals surface area contributed by atoms with Gasteiger partial charge in [0.05, 0.1) is 6.54 Å². The van der Waals surface area contributed by atoms with Gasteiger partial charge in [-0.05, 0) is 44.0 Å². The molecule has 3 heteroatoms. The standard InChI is InChI=1S/C18H21NO2/c1-13-8-9-14(2)16(12-13)18(20)19-10-11-21-17-7-5-4-6-15(17)3/h4-9,12H,10-11H2,1-3H3,(H,19,20). The summed E-state index contributed by atoms with van der Waals surface area (Å²) in [5, 5.41) is 2.89. The van der Waals surface area contributed by atoms with E-state index < -0.39 is 0 Å². The Balaban J connectivity index is 1.85. The van der Waals surface area contributed by atoms with Crippen LogP contribution in [0.3, 0.4) is 0 Å². The normalized spacial score (nSPS) is 10.2. The zero-order valence-corrected chi connectivity index (χ0v) is 12.8. The van der Waals surface area contributed by atoms with E-state index in [0.717, 1.165) is 28.0 Å². The van der Waals surface area contributed by atoms with Crippen LogP contribution in [0.15, 0.2) is 42.5 Å². The first-order valence-electron chi connectivity index (χ1n) is 7.12. The maximum Gasteiger partial charge on any atom is 0.251 e. The van der Waals surface area contributed by atoms with Crippen molar-refractivity contribution in [2.45, 2.75) is 20.8 Å². The summed E-state index contributed by atoms with van der Waals surface area (Å²) in [5.74, 6) is 0.808. The second kappa shape index (κ2) is 6.93. The monoisotopic (exact) mass is 283 g/mol. The van der Waals surface area contributed by atoms with E-state index in [1.54, 1.807) is 0 Å². The van der Waals surface area contributed by atoms with Crippen molar-refractivity contribution < 1.29 is 9.53 Å². The van der Waals surface area contributed by atoms with E-state index in [-0.39, 0.29) is 5.91 Å². The number of ether oxygens (including phenoxy) is 1. The molecule has 0 atom stereocenters. The number of hydrogen-bond donors (Lipinski definition) is 1. The van der Waals surface area contributed by atoms with Gasteiger partial charge in [0.1, 0.15) is 12.4 Å². The molecule has 3 nitrogen and oxygen atoms in total. The van der Waals surface area contributed by atoms with Crippen LogP contribution in [0, 0.1) is 20.8 Å².